The van der Waals surface area contributed by atoms with Crippen molar-refractivity contribution < 1.29 is 14.7 Å². The molecule has 25 heavy (non-hydrogen) atoms. The molecule has 1 aromatic rings. The predicted molar refractivity (Wildman–Crippen MR) is 93.6 cm³/mol. The minimum absolute atomic E-state index is 0.0312. The van der Waals surface area contributed by atoms with Crippen LogP contribution in [0.3, 0.4) is 0 Å². The average Bonchev–Trinajstić information content (AvgIpc) is 3.09. The second-order valence-electron chi connectivity index (χ2n) is 7.69. The Hall–Kier alpha value is -1.88. The molecule has 0 radical (unpaired) electrons. The highest BCUT2D eigenvalue weighted by molar-refractivity contribution is 5.91. The van der Waals surface area contributed by atoms with E-state index in [2.05, 4.69) is 5.32 Å². The average molecular weight is 342 g/mol. The lowest BCUT2D eigenvalue weighted by Crippen LogP contribution is -2.61. The van der Waals surface area contributed by atoms with Crippen LogP contribution in [0.2, 0.25) is 0 Å². The second kappa shape index (κ2) is 6.45. The topological polar surface area (TPSA) is 69.6 Å². The summed E-state index contributed by atoms with van der Waals surface area (Å²) < 4.78 is 0. The van der Waals surface area contributed by atoms with Crippen molar-refractivity contribution in [2.75, 3.05) is 6.54 Å². The smallest absolute Gasteiger partial charge is 0.245 e. The van der Waals surface area contributed by atoms with E-state index < -0.39 is 5.60 Å². The first-order chi connectivity index (χ1) is 12.1. The summed E-state index contributed by atoms with van der Waals surface area (Å²) in [6.45, 7) is 0.553. The van der Waals surface area contributed by atoms with Gasteiger partial charge < -0.3 is 15.3 Å². The van der Waals surface area contributed by atoms with Gasteiger partial charge in [0.15, 0.2) is 0 Å². The van der Waals surface area contributed by atoms with Crippen LogP contribution in [0, 0.1) is 5.92 Å². The molecular formula is C20H26N2O3. The third kappa shape index (κ3) is 2.84. The molecule has 5 nitrogen and oxygen atoms in total. The van der Waals surface area contributed by atoms with E-state index in [1.54, 1.807) is 0 Å². The molecule has 1 unspecified atom stereocenters. The van der Waals surface area contributed by atoms with E-state index in [0.717, 1.165) is 31.2 Å². The number of aliphatic hydroxyl groups is 1. The van der Waals surface area contributed by atoms with Crippen LogP contribution in [-0.4, -0.2) is 40.4 Å². The number of amides is 2. The molecule has 0 bridgehead atoms. The largest absolute Gasteiger partial charge is 0.385 e. The van der Waals surface area contributed by atoms with Crippen molar-refractivity contribution in [2.24, 2.45) is 5.92 Å². The lowest BCUT2D eigenvalue weighted by atomic mass is 9.66. The maximum absolute atomic E-state index is 13.0. The van der Waals surface area contributed by atoms with Crippen molar-refractivity contribution in [3.05, 3.63) is 35.9 Å². The van der Waals surface area contributed by atoms with Crippen molar-refractivity contribution in [1.82, 2.24) is 10.2 Å². The summed E-state index contributed by atoms with van der Waals surface area (Å²) in [4.78, 5) is 26.4. The molecule has 2 heterocycles. The van der Waals surface area contributed by atoms with Gasteiger partial charge in [0.05, 0.1) is 5.60 Å². The molecule has 134 valence electrons. The zero-order chi connectivity index (χ0) is 17.4. The van der Waals surface area contributed by atoms with E-state index in [1.165, 1.54) is 0 Å². The van der Waals surface area contributed by atoms with E-state index in [4.69, 9.17) is 0 Å². The van der Waals surface area contributed by atoms with E-state index in [1.807, 2.05) is 35.2 Å². The number of carbonyl (C=O) groups excluding carboxylic acids is 2. The molecule has 2 saturated heterocycles. The van der Waals surface area contributed by atoms with E-state index in [-0.39, 0.29) is 29.8 Å². The van der Waals surface area contributed by atoms with Crippen LogP contribution in [0.4, 0.5) is 0 Å². The Bertz CT molecular complexity index is 662. The maximum atomic E-state index is 13.0. The standard InChI is InChI=1S/C20H26N2O3/c23-18-11-10-16(21-18)19(24)22-13-12-20(25,14-6-2-1-3-7-14)15-8-4-5-9-17(15)22/h1-3,6-7,15-17,25H,4-5,8-13H2,(H,21,23)/t15-,16?,17+,20-/m1/s1. The van der Waals surface area contributed by atoms with Crippen LogP contribution in [-0.2, 0) is 15.2 Å². The van der Waals surface area contributed by atoms with Crippen LogP contribution in [0.15, 0.2) is 30.3 Å². The highest BCUT2D eigenvalue weighted by Gasteiger charge is 2.51. The van der Waals surface area contributed by atoms with Gasteiger partial charge in [0.2, 0.25) is 11.8 Å². The van der Waals surface area contributed by atoms with Gasteiger partial charge >= 0.3 is 0 Å². The molecule has 3 aliphatic rings. The molecule has 1 saturated carbocycles. The SMILES string of the molecule is O=C1CCC(C(=O)N2CC[C@@](O)(c3ccccc3)[C@@H]3CCCC[C@@H]32)N1. The van der Waals surface area contributed by atoms with Gasteiger partial charge in [-0.1, -0.05) is 43.2 Å². The monoisotopic (exact) mass is 342 g/mol. The molecule has 2 aliphatic heterocycles. The minimum atomic E-state index is -0.859. The number of carbonyl (C=O) groups is 2. The summed E-state index contributed by atoms with van der Waals surface area (Å²) >= 11 is 0. The molecular weight excluding hydrogens is 316 g/mol. The molecule has 4 atom stereocenters. The maximum Gasteiger partial charge on any atom is 0.245 e. The Kier molecular flexibility index (Phi) is 4.28. The molecule has 4 rings (SSSR count). The molecule has 2 amide bonds. The Labute approximate surface area is 148 Å². The first-order valence-corrected chi connectivity index (χ1v) is 9.47. The van der Waals surface area contributed by atoms with Crippen LogP contribution in [0.5, 0.6) is 0 Å². The fourth-order valence-corrected chi connectivity index (χ4v) is 5.04. The lowest BCUT2D eigenvalue weighted by molar-refractivity contribution is -0.156. The number of fused-ring (bicyclic) bond motifs is 1. The van der Waals surface area contributed by atoms with Crippen molar-refractivity contribution in [2.45, 2.75) is 62.6 Å². The van der Waals surface area contributed by atoms with Crippen LogP contribution >= 0.6 is 0 Å². The fraction of sp³-hybridized carbons (Fsp3) is 0.600. The summed E-state index contributed by atoms with van der Waals surface area (Å²) in [6.07, 6.45) is 5.65. The van der Waals surface area contributed by atoms with E-state index >= 15 is 0 Å². The van der Waals surface area contributed by atoms with E-state index in [9.17, 15) is 14.7 Å². The predicted octanol–water partition coefficient (Wildman–Crippen LogP) is 1.94. The van der Waals surface area contributed by atoms with Gasteiger partial charge in [-0.15, -0.1) is 0 Å². The second-order valence-corrected chi connectivity index (χ2v) is 7.69. The van der Waals surface area contributed by atoms with Gasteiger partial charge in [0, 0.05) is 24.9 Å². The first kappa shape index (κ1) is 16.6. The summed E-state index contributed by atoms with van der Waals surface area (Å²) in [7, 11) is 0. The number of hydrogen-bond acceptors (Lipinski definition) is 3. The Balaban J connectivity index is 1.60. The lowest BCUT2D eigenvalue weighted by Gasteiger charge is -2.53. The number of likely N-dealkylation sites (tertiary alicyclic amines) is 1. The van der Waals surface area contributed by atoms with Crippen molar-refractivity contribution in [3.8, 4) is 0 Å². The first-order valence-electron chi connectivity index (χ1n) is 9.47. The van der Waals surface area contributed by atoms with Gasteiger partial charge in [0.1, 0.15) is 6.04 Å². The Morgan fingerprint density at radius 1 is 1.16 bits per heavy atom. The molecule has 1 aromatic carbocycles. The third-order valence-corrected chi connectivity index (χ3v) is 6.33. The van der Waals surface area contributed by atoms with Crippen molar-refractivity contribution >= 4 is 11.8 Å². The normalized spacial score (nSPS) is 35.2. The zero-order valence-corrected chi connectivity index (χ0v) is 14.5. The molecule has 1 aliphatic carbocycles. The van der Waals surface area contributed by atoms with Crippen LogP contribution in [0.1, 0.15) is 50.5 Å². The van der Waals surface area contributed by atoms with Crippen LogP contribution in [0.25, 0.3) is 0 Å². The van der Waals surface area contributed by atoms with Gasteiger partial charge in [0.25, 0.3) is 0 Å². The number of hydrogen-bond donors (Lipinski definition) is 2. The molecule has 3 fully saturated rings. The van der Waals surface area contributed by atoms with Crippen molar-refractivity contribution in [1.29, 1.82) is 0 Å². The minimum Gasteiger partial charge on any atom is -0.385 e. The van der Waals surface area contributed by atoms with Gasteiger partial charge in [-0.3, -0.25) is 9.59 Å². The van der Waals surface area contributed by atoms with Crippen LogP contribution < -0.4 is 5.32 Å². The quantitative estimate of drug-likeness (QED) is 0.863. The highest BCUT2D eigenvalue weighted by Crippen LogP contribution is 2.47. The third-order valence-electron chi connectivity index (χ3n) is 6.33. The van der Waals surface area contributed by atoms with E-state index in [0.29, 0.717) is 25.8 Å². The summed E-state index contributed by atoms with van der Waals surface area (Å²) in [6, 6.07) is 9.59. The number of rotatable bonds is 2. The number of piperidine rings is 1. The summed E-state index contributed by atoms with van der Waals surface area (Å²) in [5.41, 5.74) is 0.107. The summed E-state index contributed by atoms with van der Waals surface area (Å²) in [5.74, 6) is 0.0765. The fourth-order valence-electron chi connectivity index (χ4n) is 5.04. The molecule has 0 spiro atoms. The van der Waals surface area contributed by atoms with Gasteiger partial charge in [-0.25, -0.2) is 0 Å². The summed E-state index contributed by atoms with van der Waals surface area (Å²) in [5, 5.41) is 14.3. The molecule has 2 N–H and O–H groups in total. The van der Waals surface area contributed by atoms with Crippen molar-refractivity contribution in [3.63, 3.8) is 0 Å². The zero-order valence-electron chi connectivity index (χ0n) is 14.5. The number of benzene rings is 1. The van der Waals surface area contributed by atoms with Gasteiger partial charge in [-0.05, 0) is 31.2 Å². The highest BCUT2D eigenvalue weighted by atomic mass is 16.3. The number of nitrogens with one attached hydrogen (secondary N) is 1. The Morgan fingerprint density at radius 2 is 1.92 bits per heavy atom. The Morgan fingerprint density at radius 3 is 2.64 bits per heavy atom. The molecule has 0 aromatic heterocycles. The van der Waals surface area contributed by atoms with Gasteiger partial charge in [-0.2, -0.15) is 0 Å². The molecule has 5 heteroatoms. The number of nitrogens with zero attached hydrogens (tertiary/aromatic N) is 1.